The Morgan fingerprint density at radius 3 is 2.47 bits per heavy atom. The minimum Gasteiger partial charge on any atom is -0.497 e. The first-order valence-electron chi connectivity index (χ1n) is 6.31. The first-order valence-corrected chi connectivity index (χ1v) is 7.19. The van der Waals surface area contributed by atoms with Crippen molar-refractivity contribution in [1.29, 1.82) is 0 Å². The smallest absolute Gasteiger partial charge is 0.118 e. The second-order valence-corrected chi connectivity index (χ2v) is 6.28. The molecule has 0 fully saturated rings. The van der Waals surface area contributed by atoms with Crippen molar-refractivity contribution < 1.29 is 4.74 Å². The van der Waals surface area contributed by atoms with Gasteiger partial charge in [0, 0.05) is 17.3 Å². The molecule has 2 rings (SSSR count). The van der Waals surface area contributed by atoms with Crippen LogP contribution < -0.4 is 10.5 Å². The van der Waals surface area contributed by atoms with Gasteiger partial charge in [0.2, 0.25) is 0 Å². The number of rotatable bonds is 5. The fraction of sp³-hybridized carbons (Fsp3) is 0.400. The minimum absolute atomic E-state index is 0.283. The van der Waals surface area contributed by atoms with E-state index in [-0.39, 0.29) is 5.54 Å². The van der Waals surface area contributed by atoms with Gasteiger partial charge in [-0.2, -0.15) is 0 Å². The number of nitrogens with zero attached hydrogens (tertiary/aromatic N) is 1. The average Bonchev–Trinajstić information content (AvgIpc) is 2.74. The highest BCUT2D eigenvalue weighted by Gasteiger charge is 2.21. The summed E-state index contributed by atoms with van der Waals surface area (Å²) in [6.45, 7) is 4.09. The molecule has 0 spiro atoms. The minimum atomic E-state index is -0.283. The molecule has 1 atom stereocenters. The summed E-state index contributed by atoms with van der Waals surface area (Å²) in [6.07, 6.45) is 1.62. The zero-order chi connectivity index (χ0) is 13.9. The Bertz CT molecular complexity index is 531. The maximum Gasteiger partial charge on any atom is 0.118 e. The fourth-order valence-corrected chi connectivity index (χ4v) is 2.79. The monoisotopic (exact) mass is 276 g/mol. The summed E-state index contributed by atoms with van der Waals surface area (Å²) in [4.78, 5) is 4.48. The Morgan fingerprint density at radius 1 is 1.26 bits per heavy atom. The maximum absolute atomic E-state index is 6.39. The van der Waals surface area contributed by atoms with Crippen LogP contribution in [0.15, 0.2) is 29.6 Å². The number of nitrogens with two attached hydrogens (primary N) is 1. The van der Waals surface area contributed by atoms with E-state index in [0.717, 1.165) is 29.3 Å². The molecule has 1 unspecified atom stereocenters. The number of benzene rings is 1. The van der Waals surface area contributed by atoms with Gasteiger partial charge in [0.05, 0.1) is 17.8 Å². The standard InChI is InChI=1S/C15H20N2OS/c1-11-17-13(10-19-11)9-15(2,16)8-12-4-6-14(18-3)7-5-12/h4-7,10H,8-9,16H2,1-3H3. The van der Waals surface area contributed by atoms with E-state index in [4.69, 9.17) is 10.5 Å². The summed E-state index contributed by atoms with van der Waals surface area (Å²) in [5.74, 6) is 0.873. The number of thiazole rings is 1. The molecule has 0 aliphatic rings. The second-order valence-electron chi connectivity index (χ2n) is 5.21. The van der Waals surface area contributed by atoms with Crippen LogP contribution in [0.3, 0.4) is 0 Å². The van der Waals surface area contributed by atoms with Crippen LogP contribution in [0.2, 0.25) is 0 Å². The molecule has 3 nitrogen and oxygen atoms in total. The van der Waals surface area contributed by atoms with Crippen molar-refractivity contribution in [1.82, 2.24) is 4.98 Å². The Morgan fingerprint density at radius 2 is 1.95 bits per heavy atom. The highest BCUT2D eigenvalue weighted by atomic mass is 32.1. The number of hydrogen-bond acceptors (Lipinski definition) is 4. The zero-order valence-corrected chi connectivity index (χ0v) is 12.5. The molecule has 19 heavy (non-hydrogen) atoms. The Labute approximate surface area is 118 Å². The van der Waals surface area contributed by atoms with Crippen molar-refractivity contribution in [2.75, 3.05) is 7.11 Å². The highest BCUT2D eigenvalue weighted by Crippen LogP contribution is 2.20. The molecule has 2 N–H and O–H groups in total. The number of aromatic nitrogens is 1. The number of aryl methyl sites for hydroxylation is 1. The van der Waals surface area contributed by atoms with Crippen molar-refractivity contribution in [3.63, 3.8) is 0 Å². The van der Waals surface area contributed by atoms with Crippen molar-refractivity contribution in [2.45, 2.75) is 32.2 Å². The lowest BCUT2D eigenvalue weighted by Crippen LogP contribution is -2.41. The zero-order valence-electron chi connectivity index (χ0n) is 11.6. The molecule has 1 aromatic carbocycles. The van der Waals surface area contributed by atoms with E-state index in [2.05, 4.69) is 29.4 Å². The average molecular weight is 276 g/mol. The summed E-state index contributed by atoms with van der Waals surface area (Å²) in [5.41, 5.74) is 8.42. The van der Waals surface area contributed by atoms with Gasteiger partial charge in [-0.05, 0) is 38.0 Å². The Balaban J connectivity index is 2.03. The van der Waals surface area contributed by atoms with Gasteiger partial charge in [-0.25, -0.2) is 4.98 Å². The third kappa shape index (κ3) is 4.04. The predicted molar refractivity (Wildman–Crippen MR) is 79.8 cm³/mol. The maximum atomic E-state index is 6.39. The summed E-state index contributed by atoms with van der Waals surface area (Å²) in [5, 5.41) is 3.18. The summed E-state index contributed by atoms with van der Waals surface area (Å²) in [6, 6.07) is 8.07. The predicted octanol–water partition coefficient (Wildman–Crippen LogP) is 2.96. The van der Waals surface area contributed by atoms with Crippen LogP contribution in [-0.2, 0) is 12.8 Å². The fourth-order valence-electron chi connectivity index (χ4n) is 2.18. The van der Waals surface area contributed by atoms with Gasteiger partial charge in [-0.15, -0.1) is 11.3 Å². The van der Waals surface area contributed by atoms with Crippen molar-refractivity contribution in [2.24, 2.45) is 5.73 Å². The van der Waals surface area contributed by atoms with E-state index in [1.807, 2.05) is 19.1 Å². The van der Waals surface area contributed by atoms with Gasteiger partial charge < -0.3 is 10.5 Å². The van der Waals surface area contributed by atoms with Crippen LogP contribution in [0.1, 0.15) is 23.2 Å². The molecule has 0 radical (unpaired) electrons. The van der Waals surface area contributed by atoms with E-state index in [0.29, 0.717) is 0 Å². The van der Waals surface area contributed by atoms with Crippen LogP contribution in [0, 0.1) is 6.92 Å². The van der Waals surface area contributed by atoms with E-state index in [9.17, 15) is 0 Å². The van der Waals surface area contributed by atoms with Crippen LogP contribution >= 0.6 is 11.3 Å². The topological polar surface area (TPSA) is 48.1 Å². The normalized spacial score (nSPS) is 14.1. The molecule has 1 aromatic heterocycles. The van der Waals surface area contributed by atoms with Crippen LogP contribution in [0.25, 0.3) is 0 Å². The van der Waals surface area contributed by atoms with Gasteiger partial charge in [0.15, 0.2) is 0 Å². The number of ether oxygens (including phenoxy) is 1. The molecule has 4 heteroatoms. The van der Waals surface area contributed by atoms with Gasteiger partial charge in [-0.3, -0.25) is 0 Å². The lowest BCUT2D eigenvalue weighted by Gasteiger charge is -2.24. The Kier molecular flexibility index (Phi) is 4.22. The van der Waals surface area contributed by atoms with E-state index < -0.39 is 0 Å². The summed E-state index contributed by atoms with van der Waals surface area (Å²) < 4.78 is 5.16. The molecule has 102 valence electrons. The Hall–Kier alpha value is -1.39. The van der Waals surface area contributed by atoms with E-state index in [1.54, 1.807) is 18.4 Å². The molecule has 0 bridgehead atoms. The molecule has 1 heterocycles. The highest BCUT2D eigenvalue weighted by molar-refractivity contribution is 7.09. The van der Waals surface area contributed by atoms with Gasteiger partial charge in [0.1, 0.15) is 5.75 Å². The number of hydrogen-bond donors (Lipinski definition) is 1. The van der Waals surface area contributed by atoms with Gasteiger partial charge in [0.25, 0.3) is 0 Å². The molecular weight excluding hydrogens is 256 g/mol. The largest absolute Gasteiger partial charge is 0.497 e. The first kappa shape index (κ1) is 14.0. The molecule has 0 aliphatic heterocycles. The van der Waals surface area contributed by atoms with Crippen molar-refractivity contribution in [3.8, 4) is 5.75 Å². The van der Waals surface area contributed by atoms with E-state index >= 15 is 0 Å². The molecule has 0 saturated carbocycles. The molecule has 0 amide bonds. The van der Waals surface area contributed by atoms with E-state index in [1.165, 1.54) is 5.56 Å². The first-order chi connectivity index (χ1) is 8.98. The lowest BCUT2D eigenvalue weighted by molar-refractivity contribution is 0.414. The van der Waals surface area contributed by atoms with Crippen LogP contribution in [-0.4, -0.2) is 17.6 Å². The quantitative estimate of drug-likeness (QED) is 0.913. The SMILES string of the molecule is COc1ccc(CC(C)(N)Cc2csc(C)n2)cc1. The van der Waals surface area contributed by atoms with Crippen LogP contribution in [0.5, 0.6) is 5.75 Å². The third-order valence-corrected chi connectivity index (χ3v) is 3.84. The lowest BCUT2D eigenvalue weighted by atomic mass is 9.89. The van der Waals surface area contributed by atoms with Gasteiger partial charge in [-0.1, -0.05) is 12.1 Å². The van der Waals surface area contributed by atoms with Crippen molar-refractivity contribution in [3.05, 3.63) is 45.9 Å². The number of methoxy groups -OCH3 is 1. The van der Waals surface area contributed by atoms with Gasteiger partial charge >= 0.3 is 0 Å². The van der Waals surface area contributed by atoms with Crippen LogP contribution in [0.4, 0.5) is 0 Å². The molecule has 0 saturated heterocycles. The third-order valence-electron chi connectivity index (χ3n) is 3.02. The molecular formula is C15H20N2OS. The summed E-state index contributed by atoms with van der Waals surface area (Å²) in [7, 11) is 1.67. The molecule has 0 aliphatic carbocycles. The van der Waals surface area contributed by atoms with Crippen molar-refractivity contribution >= 4 is 11.3 Å². The second kappa shape index (κ2) is 5.72. The summed E-state index contributed by atoms with van der Waals surface area (Å²) >= 11 is 1.67. The molecule has 2 aromatic rings.